The van der Waals surface area contributed by atoms with Gasteiger partial charge < -0.3 is 9.84 Å². The molecule has 3 aromatic rings. The van der Waals surface area contributed by atoms with Crippen molar-refractivity contribution in [3.8, 4) is 11.5 Å². The van der Waals surface area contributed by atoms with Crippen LogP contribution in [0.2, 0.25) is 0 Å². The Bertz CT molecular complexity index is 1170. The van der Waals surface area contributed by atoms with Crippen molar-refractivity contribution in [3.05, 3.63) is 83.9 Å². The minimum absolute atomic E-state index is 0.00246. The molecule has 0 fully saturated rings. The van der Waals surface area contributed by atoms with Gasteiger partial charge in [-0.1, -0.05) is 12.1 Å². The molecule has 9 heteroatoms. The number of aliphatic carboxylic acids is 1. The monoisotopic (exact) mass is 450 g/mol. The predicted molar refractivity (Wildman–Crippen MR) is 106 cm³/mol. The third-order valence-electron chi connectivity index (χ3n) is 4.39. The molecule has 0 bridgehead atoms. The molecular formula is C22H17F3O5S. The number of carbonyl (C=O) groups is 1. The van der Waals surface area contributed by atoms with Gasteiger partial charge in [0.25, 0.3) is 0 Å². The highest BCUT2D eigenvalue weighted by molar-refractivity contribution is 7.91. The van der Waals surface area contributed by atoms with Crippen LogP contribution in [-0.4, -0.2) is 19.5 Å². The van der Waals surface area contributed by atoms with Crippen LogP contribution in [0.25, 0.3) is 0 Å². The smallest absolute Gasteiger partial charge is 0.416 e. The number of sulfone groups is 1. The van der Waals surface area contributed by atoms with E-state index < -0.39 is 27.5 Å². The number of carboxylic acids is 1. The van der Waals surface area contributed by atoms with Crippen molar-refractivity contribution in [2.45, 2.75) is 28.8 Å². The molecule has 0 radical (unpaired) electrons. The minimum atomic E-state index is -4.44. The Morgan fingerprint density at radius 3 is 2.00 bits per heavy atom. The minimum Gasteiger partial charge on any atom is -0.481 e. The Morgan fingerprint density at radius 2 is 1.45 bits per heavy atom. The average molecular weight is 450 g/mol. The summed E-state index contributed by atoms with van der Waals surface area (Å²) >= 11 is 0. The Labute approximate surface area is 176 Å². The third kappa shape index (κ3) is 5.64. The van der Waals surface area contributed by atoms with Gasteiger partial charge in [-0.3, -0.25) is 4.79 Å². The van der Waals surface area contributed by atoms with E-state index in [0.29, 0.717) is 5.56 Å². The first-order chi connectivity index (χ1) is 14.6. The van der Waals surface area contributed by atoms with Gasteiger partial charge in [0, 0.05) is 6.42 Å². The number of alkyl halides is 3. The van der Waals surface area contributed by atoms with Gasteiger partial charge in [0.1, 0.15) is 11.5 Å². The number of benzene rings is 3. The molecule has 162 valence electrons. The van der Waals surface area contributed by atoms with Crippen molar-refractivity contribution in [1.29, 1.82) is 0 Å². The number of halogens is 3. The Hall–Kier alpha value is -3.33. The fraction of sp³-hybridized carbons (Fsp3) is 0.136. The SMILES string of the molecule is O=C(O)CCc1cccc(S(=O)(=O)c2ccc(Oc3ccc(C(F)(F)F)cc3)cc2)c1. The first-order valence-corrected chi connectivity index (χ1v) is 10.5. The number of rotatable bonds is 7. The summed E-state index contributed by atoms with van der Waals surface area (Å²) in [6.07, 6.45) is -4.35. The van der Waals surface area contributed by atoms with Gasteiger partial charge in [-0.05, 0) is 72.6 Å². The molecule has 0 saturated carbocycles. The second-order valence-electron chi connectivity index (χ2n) is 6.64. The zero-order valence-electron chi connectivity index (χ0n) is 16.0. The van der Waals surface area contributed by atoms with E-state index in [4.69, 9.17) is 9.84 Å². The molecule has 5 nitrogen and oxygen atoms in total. The Balaban J connectivity index is 1.76. The van der Waals surface area contributed by atoms with Crippen molar-refractivity contribution < 1.29 is 36.2 Å². The van der Waals surface area contributed by atoms with Crippen LogP contribution < -0.4 is 4.74 Å². The number of hydrogen-bond acceptors (Lipinski definition) is 4. The van der Waals surface area contributed by atoms with E-state index in [9.17, 15) is 26.4 Å². The Morgan fingerprint density at radius 1 is 0.871 bits per heavy atom. The van der Waals surface area contributed by atoms with Gasteiger partial charge in [0.2, 0.25) is 9.84 Å². The summed E-state index contributed by atoms with van der Waals surface area (Å²) in [5, 5.41) is 8.78. The van der Waals surface area contributed by atoms with Crippen molar-refractivity contribution in [2.75, 3.05) is 0 Å². The molecular weight excluding hydrogens is 433 g/mol. The number of hydrogen-bond donors (Lipinski definition) is 1. The van der Waals surface area contributed by atoms with E-state index >= 15 is 0 Å². The van der Waals surface area contributed by atoms with E-state index in [1.807, 2.05) is 0 Å². The lowest BCUT2D eigenvalue weighted by Crippen LogP contribution is -2.04. The molecule has 0 aliphatic heterocycles. The summed E-state index contributed by atoms with van der Waals surface area (Å²) in [6.45, 7) is 0. The van der Waals surface area contributed by atoms with E-state index in [1.54, 1.807) is 12.1 Å². The van der Waals surface area contributed by atoms with Gasteiger partial charge in [-0.15, -0.1) is 0 Å². The molecule has 0 saturated heterocycles. The first kappa shape index (κ1) is 22.4. The molecule has 0 aliphatic rings. The second-order valence-corrected chi connectivity index (χ2v) is 8.59. The van der Waals surface area contributed by atoms with E-state index in [0.717, 1.165) is 12.1 Å². The number of ether oxygens (including phenoxy) is 1. The van der Waals surface area contributed by atoms with Crippen molar-refractivity contribution in [3.63, 3.8) is 0 Å². The van der Waals surface area contributed by atoms with Gasteiger partial charge in [-0.25, -0.2) is 8.42 Å². The fourth-order valence-electron chi connectivity index (χ4n) is 2.79. The summed E-state index contributed by atoms with van der Waals surface area (Å²) in [5.41, 5.74) is -0.211. The maximum atomic E-state index is 12.9. The van der Waals surface area contributed by atoms with Crippen LogP contribution in [0, 0.1) is 0 Å². The molecule has 31 heavy (non-hydrogen) atoms. The van der Waals surface area contributed by atoms with Crippen molar-refractivity contribution >= 4 is 15.8 Å². The predicted octanol–water partition coefficient (Wildman–Crippen LogP) is 5.35. The molecule has 0 atom stereocenters. The van der Waals surface area contributed by atoms with E-state index in [-0.39, 0.29) is 34.1 Å². The van der Waals surface area contributed by atoms with E-state index in [1.165, 1.54) is 48.5 Å². The van der Waals surface area contributed by atoms with Crippen LogP contribution in [0.15, 0.2) is 82.6 Å². The molecule has 0 amide bonds. The molecule has 1 N–H and O–H groups in total. The fourth-order valence-corrected chi connectivity index (χ4v) is 4.12. The molecule has 0 aliphatic carbocycles. The molecule has 3 aromatic carbocycles. The van der Waals surface area contributed by atoms with Crippen LogP contribution >= 0.6 is 0 Å². The van der Waals surface area contributed by atoms with Gasteiger partial charge in [0.05, 0.1) is 15.4 Å². The summed E-state index contributed by atoms with van der Waals surface area (Å²) in [6, 6.07) is 15.7. The zero-order valence-corrected chi connectivity index (χ0v) is 16.8. The average Bonchev–Trinajstić information content (AvgIpc) is 2.72. The quantitative estimate of drug-likeness (QED) is 0.525. The summed E-state index contributed by atoms with van der Waals surface area (Å²) < 4.78 is 69.1. The topological polar surface area (TPSA) is 80.7 Å². The zero-order chi connectivity index (χ0) is 22.6. The van der Waals surface area contributed by atoms with Gasteiger partial charge in [0.15, 0.2) is 0 Å². The lowest BCUT2D eigenvalue weighted by atomic mass is 10.1. The van der Waals surface area contributed by atoms with Gasteiger partial charge >= 0.3 is 12.1 Å². The molecule has 0 aromatic heterocycles. The largest absolute Gasteiger partial charge is 0.481 e. The standard InChI is InChI=1S/C22H17F3O5S/c23-22(24,25)16-5-7-17(8-6-16)30-18-9-11-19(12-10-18)31(28,29)20-3-1-2-15(14-20)4-13-21(26)27/h1-3,5-12,14H,4,13H2,(H,26,27). The Kier molecular flexibility index (Phi) is 6.35. The number of carboxylic acid groups (broad SMARTS) is 1. The van der Waals surface area contributed by atoms with E-state index in [2.05, 4.69) is 0 Å². The highest BCUT2D eigenvalue weighted by atomic mass is 32.2. The van der Waals surface area contributed by atoms with Crippen LogP contribution in [0.3, 0.4) is 0 Å². The molecule has 3 rings (SSSR count). The third-order valence-corrected chi connectivity index (χ3v) is 6.15. The summed E-state index contributed by atoms with van der Waals surface area (Å²) in [4.78, 5) is 10.8. The maximum Gasteiger partial charge on any atom is 0.416 e. The van der Waals surface area contributed by atoms with Crippen molar-refractivity contribution in [2.24, 2.45) is 0 Å². The molecule has 0 unspecified atom stereocenters. The highest BCUT2D eigenvalue weighted by Gasteiger charge is 2.30. The van der Waals surface area contributed by atoms with Crippen LogP contribution in [0.4, 0.5) is 13.2 Å². The van der Waals surface area contributed by atoms with Crippen LogP contribution in [-0.2, 0) is 27.2 Å². The highest BCUT2D eigenvalue weighted by Crippen LogP contribution is 2.32. The maximum absolute atomic E-state index is 12.9. The lowest BCUT2D eigenvalue weighted by molar-refractivity contribution is -0.138. The molecule has 0 heterocycles. The normalized spacial score (nSPS) is 11.8. The number of aryl methyl sites for hydroxylation is 1. The van der Waals surface area contributed by atoms with Crippen LogP contribution in [0.5, 0.6) is 11.5 Å². The summed E-state index contributed by atoms with van der Waals surface area (Å²) in [7, 11) is -3.84. The molecule has 0 spiro atoms. The van der Waals surface area contributed by atoms with Crippen LogP contribution in [0.1, 0.15) is 17.5 Å². The van der Waals surface area contributed by atoms with Crippen molar-refractivity contribution in [1.82, 2.24) is 0 Å². The van der Waals surface area contributed by atoms with Gasteiger partial charge in [-0.2, -0.15) is 13.2 Å². The second kappa shape index (κ2) is 8.81. The lowest BCUT2D eigenvalue weighted by Gasteiger charge is -2.10. The summed E-state index contributed by atoms with van der Waals surface area (Å²) in [5.74, 6) is -0.541. The first-order valence-electron chi connectivity index (χ1n) is 9.07.